The zero-order valence-corrected chi connectivity index (χ0v) is 12.3. The lowest BCUT2D eigenvalue weighted by Gasteiger charge is -2.05. The third-order valence-electron chi connectivity index (χ3n) is 2.75. The third kappa shape index (κ3) is 3.66. The predicted molar refractivity (Wildman–Crippen MR) is 78.4 cm³/mol. The molecule has 0 unspecified atom stereocenters. The zero-order valence-electron chi connectivity index (χ0n) is 9.87. The quantitative estimate of drug-likeness (QED) is 0.865. The van der Waals surface area contributed by atoms with Crippen LogP contribution in [0, 0.1) is 0 Å². The monoisotopic (exact) mass is 309 g/mol. The van der Waals surface area contributed by atoms with E-state index in [0.717, 1.165) is 24.0 Å². The number of benzene rings is 1. The Kier molecular flexibility index (Phi) is 4.77. The SMILES string of the molecule is CCc1ccsc1CNCc1ccc(Br)cc1. The van der Waals surface area contributed by atoms with Crippen molar-refractivity contribution in [2.75, 3.05) is 0 Å². The molecule has 0 aliphatic rings. The van der Waals surface area contributed by atoms with Gasteiger partial charge < -0.3 is 5.32 Å². The molecule has 0 saturated heterocycles. The van der Waals surface area contributed by atoms with Crippen molar-refractivity contribution in [3.05, 3.63) is 56.2 Å². The summed E-state index contributed by atoms with van der Waals surface area (Å²) < 4.78 is 1.13. The van der Waals surface area contributed by atoms with Gasteiger partial charge in [-0.3, -0.25) is 0 Å². The Bertz CT molecular complexity index is 461. The number of nitrogens with one attached hydrogen (secondary N) is 1. The van der Waals surface area contributed by atoms with Crippen molar-refractivity contribution < 1.29 is 0 Å². The van der Waals surface area contributed by atoms with Crippen LogP contribution in [0.15, 0.2) is 40.2 Å². The molecule has 0 atom stereocenters. The van der Waals surface area contributed by atoms with E-state index in [4.69, 9.17) is 0 Å². The molecular formula is C14H16BrNS. The third-order valence-corrected chi connectivity index (χ3v) is 4.24. The highest BCUT2D eigenvalue weighted by Gasteiger charge is 2.01. The first kappa shape index (κ1) is 12.8. The normalized spacial score (nSPS) is 10.7. The summed E-state index contributed by atoms with van der Waals surface area (Å²) in [6.45, 7) is 4.10. The van der Waals surface area contributed by atoms with Crippen LogP contribution in [0.25, 0.3) is 0 Å². The van der Waals surface area contributed by atoms with E-state index in [9.17, 15) is 0 Å². The van der Waals surface area contributed by atoms with Gasteiger partial charge in [-0.15, -0.1) is 11.3 Å². The van der Waals surface area contributed by atoms with Crippen molar-refractivity contribution in [2.24, 2.45) is 0 Å². The van der Waals surface area contributed by atoms with Crippen LogP contribution in [0.5, 0.6) is 0 Å². The van der Waals surface area contributed by atoms with Gasteiger partial charge in [0.1, 0.15) is 0 Å². The van der Waals surface area contributed by atoms with E-state index in [1.807, 2.05) is 11.3 Å². The average Bonchev–Trinajstić information content (AvgIpc) is 2.79. The number of hydrogen-bond donors (Lipinski definition) is 1. The van der Waals surface area contributed by atoms with Gasteiger partial charge >= 0.3 is 0 Å². The molecule has 0 aliphatic carbocycles. The van der Waals surface area contributed by atoms with Crippen molar-refractivity contribution in [1.82, 2.24) is 5.32 Å². The van der Waals surface area contributed by atoms with Crippen LogP contribution in [-0.2, 0) is 19.5 Å². The van der Waals surface area contributed by atoms with E-state index < -0.39 is 0 Å². The molecule has 0 amide bonds. The molecule has 2 aromatic rings. The number of rotatable bonds is 5. The van der Waals surface area contributed by atoms with Crippen LogP contribution in [-0.4, -0.2) is 0 Å². The van der Waals surface area contributed by atoms with Crippen molar-refractivity contribution in [2.45, 2.75) is 26.4 Å². The fourth-order valence-corrected chi connectivity index (χ4v) is 2.97. The highest BCUT2D eigenvalue weighted by atomic mass is 79.9. The molecule has 3 heteroatoms. The summed E-state index contributed by atoms with van der Waals surface area (Å²) in [5.74, 6) is 0. The van der Waals surface area contributed by atoms with Crippen LogP contribution >= 0.6 is 27.3 Å². The minimum Gasteiger partial charge on any atom is -0.308 e. The minimum absolute atomic E-state index is 0.925. The largest absolute Gasteiger partial charge is 0.308 e. The first-order chi connectivity index (χ1) is 8.29. The summed E-state index contributed by atoms with van der Waals surface area (Å²) in [4.78, 5) is 1.46. The Morgan fingerprint density at radius 2 is 1.88 bits per heavy atom. The molecule has 2 rings (SSSR count). The van der Waals surface area contributed by atoms with E-state index in [1.165, 1.54) is 16.0 Å². The summed E-state index contributed by atoms with van der Waals surface area (Å²) in [6, 6.07) is 10.7. The molecule has 1 heterocycles. The second kappa shape index (κ2) is 6.34. The fourth-order valence-electron chi connectivity index (χ4n) is 1.76. The Morgan fingerprint density at radius 1 is 1.12 bits per heavy atom. The van der Waals surface area contributed by atoms with E-state index in [0.29, 0.717) is 0 Å². The maximum atomic E-state index is 3.49. The molecule has 17 heavy (non-hydrogen) atoms. The Hall–Kier alpha value is -0.640. The first-order valence-corrected chi connectivity index (χ1v) is 7.47. The van der Waals surface area contributed by atoms with Gasteiger partial charge in [-0.1, -0.05) is 35.0 Å². The molecule has 0 fully saturated rings. The summed E-state index contributed by atoms with van der Waals surface area (Å²) in [5.41, 5.74) is 2.79. The molecular weight excluding hydrogens is 294 g/mol. The van der Waals surface area contributed by atoms with Gasteiger partial charge in [-0.2, -0.15) is 0 Å². The predicted octanol–water partition coefficient (Wildman–Crippen LogP) is 4.36. The minimum atomic E-state index is 0.925. The lowest BCUT2D eigenvalue weighted by Crippen LogP contribution is -2.12. The Morgan fingerprint density at radius 3 is 2.59 bits per heavy atom. The van der Waals surface area contributed by atoms with Crippen molar-refractivity contribution in [1.29, 1.82) is 0 Å². The molecule has 1 aromatic carbocycles. The number of thiophene rings is 1. The Labute approximate surface area is 115 Å². The van der Waals surface area contributed by atoms with Crippen LogP contribution in [0.1, 0.15) is 22.9 Å². The molecule has 0 saturated carbocycles. The second-order valence-electron chi connectivity index (χ2n) is 3.95. The van der Waals surface area contributed by atoms with Crippen LogP contribution in [0.4, 0.5) is 0 Å². The summed E-state index contributed by atoms with van der Waals surface area (Å²) in [5, 5.41) is 5.67. The van der Waals surface area contributed by atoms with Crippen LogP contribution < -0.4 is 5.32 Å². The number of hydrogen-bond acceptors (Lipinski definition) is 2. The molecule has 90 valence electrons. The fraction of sp³-hybridized carbons (Fsp3) is 0.286. The molecule has 0 aliphatic heterocycles. The highest BCUT2D eigenvalue weighted by molar-refractivity contribution is 9.10. The van der Waals surface area contributed by atoms with Gasteiger partial charge in [0, 0.05) is 22.4 Å². The van der Waals surface area contributed by atoms with Crippen LogP contribution in [0.3, 0.4) is 0 Å². The lowest BCUT2D eigenvalue weighted by molar-refractivity contribution is 0.697. The highest BCUT2D eigenvalue weighted by Crippen LogP contribution is 2.17. The van der Waals surface area contributed by atoms with E-state index in [1.54, 1.807) is 0 Å². The van der Waals surface area contributed by atoms with Crippen LogP contribution in [0.2, 0.25) is 0 Å². The molecule has 1 N–H and O–H groups in total. The summed E-state index contributed by atoms with van der Waals surface area (Å²) >= 11 is 5.29. The van der Waals surface area contributed by atoms with Gasteiger partial charge in [0.05, 0.1) is 0 Å². The topological polar surface area (TPSA) is 12.0 Å². The lowest BCUT2D eigenvalue weighted by atomic mass is 10.2. The molecule has 0 spiro atoms. The van der Waals surface area contributed by atoms with Gasteiger partial charge in [0.2, 0.25) is 0 Å². The van der Waals surface area contributed by atoms with E-state index in [2.05, 4.69) is 63.9 Å². The number of halogens is 1. The van der Waals surface area contributed by atoms with Crippen molar-refractivity contribution in [3.63, 3.8) is 0 Å². The smallest absolute Gasteiger partial charge is 0.0305 e. The van der Waals surface area contributed by atoms with Gasteiger partial charge in [-0.05, 0) is 41.1 Å². The second-order valence-corrected chi connectivity index (χ2v) is 5.87. The van der Waals surface area contributed by atoms with Gasteiger partial charge in [0.25, 0.3) is 0 Å². The first-order valence-electron chi connectivity index (χ1n) is 5.80. The van der Waals surface area contributed by atoms with Gasteiger partial charge in [-0.25, -0.2) is 0 Å². The maximum absolute atomic E-state index is 3.49. The summed E-state index contributed by atoms with van der Waals surface area (Å²) in [7, 11) is 0. The van der Waals surface area contributed by atoms with Gasteiger partial charge in [0.15, 0.2) is 0 Å². The van der Waals surface area contributed by atoms with Crippen molar-refractivity contribution in [3.8, 4) is 0 Å². The number of aryl methyl sites for hydroxylation is 1. The van der Waals surface area contributed by atoms with E-state index >= 15 is 0 Å². The standard InChI is InChI=1S/C14H16BrNS/c1-2-12-7-8-17-14(12)10-16-9-11-3-5-13(15)6-4-11/h3-8,16H,2,9-10H2,1H3. The summed E-state index contributed by atoms with van der Waals surface area (Å²) in [6.07, 6.45) is 1.12. The maximum Gasteiger partial charge on any atom is 0.0305 e. The molecule has 1 nitrogen and oxygen atoms in total. The molecule has 0 bridgehead atoms. The Balaban J connectivity index is 1.85. The van der Waals surface area contributed by atoms with Crippen molar-refractivity contribution >= 4 is 27.3 Å². The molecule has 0 radical (unpaired) electrons. The average molecular weight is 310 g/mol. The molecule has 1 aromatic heterocycles. The zero-order chi connectivity index (χ0) is 12.1. The van der Waals surface area contributed by atoms with E-state index in [-0.39, 0.29) is 0 Å².